The van der Waals surface area contributed by atoms with Gasteiger partial charge in [-0.15, -0.1) is 0 Å². The van der Waals surface area contributed by atoms with Gasteiger partial charge in [-0.25, -0.2) is 0 Å². The van der Waals surface area contributed by atoms with E-state index in [1.165, 1.54) is 11.1 Å². The molecule has 0 N–H and O–H groups in total. The van der Waals surface area contributed by atoms with Crippen molar-refractivity contribution in [2.45, 2.75) is 33.6 Å². The van der Waals surface area contributed by atoms with Gasteiger partial charge < -0.3 is 4.74 Å². The number of hydrogen-bond donors (Lipinski definition) is 0. The Hall–Kier alpha value is -0.500. The van der Waals surface area contributed by atoms with Crippen LogP contribution in [0.1, 0.15) is 31.4 Å². The first-order valence-electron chi connectivity index (χ1n) is 5.10. The molecule has 1 aromatic rings. The minimum atomic E-state index is 0.786. The fraction of sp³-hybridized carbons (Fsp3) is 0.500. The minimum absolute atomic E-state index is 0.786. The molecule has 0 aromatic heterocycles. The average molecular weight is 257 g/mol. The normalized spacial score (nSPS) is 10.3. The van der Waals surface area contributed by atoms with Gasteiger partial charge in [0, 0.05) is 0 Å². The van der Waals surface area contributed by atoms with Crippen molar-refractivity contribution in [2.75, 3.05) is 6.61 Å². The Morgan fingerprint density at radius 1 is 1.29 bits per heavy atom. The van der Waals surface area contributed by atoms with Crippen molar-refractivity contribution < 1.29 is 4.74 Å². The Balaban J connectivity index is 2.99. The summed E-state index contributed by atoms with van der Waals surface area (Å²) in [6.07, 6.45) is 2.06. The maximum Gasteiger partial charge on any atom is 0.136 e. The van der Waals surface area contributed by atoms with Crippen molar-refractivity contribution in [1.82, 2.24) is 0 Å². The lowest BCUT2D eigenvalue weighted by molar-refractivity contribution is 0.312. The number of aryl methyl sites for hydroxylation is 2. The molecule has 0 aliphatic rings. The Kier molecular flexibility index (Phi) is 4.46. The van der Waals surface area contributed by atoms with Crippen LogP contribution in [-0.2, 0) is 6.42 Å². The molecular formula is C12H17BrO. The molecule has 2 heteroatoms. The lowest BCUT2D eigenvalue weighted by atomic mass is 10.1. The molecule has 1 aromatic carbocycles. The van der Waals surface area contributed by atoms with Gasteiger partial charge >= 0.3 is 0 Å². The van der Waals surface area contributed by atoms with Crippen molar-refractivity contribution >= 4 is 15.9 Å². The SMILES string of the molecule is CCCOc1c(Br)cc(C)cc1CC. The largest absolute Gasteiger partial charge is 0.492 e. The number of ether oxygens (including phenoxy) is 1. The lowest BCUT2D eigenvalue weighted by Crippen LogP contribution is -1.99. The smallest absolute Gasteiger partial charge is 0.136 e. The predicted molar refractivity (Wildman–Crippen MR) is 64.0 cm³/mol. The summed E-state index contributed by atoms with van der Waals surface area (Å²) >= 11 is 3.54. The molecule has 1 rings (SSSR count). The number of rotatable bonds is 4. The van der Waals surface area contributed by atoms with E-state index in [0.29, 0.717) is 0 Å². The zero-order valence-electron chi connectivity index (χ0n) is 9.06. The van der Waals surface area contributed by atoms with Gasteiger partial charge in [0.25, 0.3) is 0 Å². The second-order valence-electron chi connectivity index (χ2n) is 3.44. The zero-order valence-corrected chi connectivity index (χ0v) is 10.6. The van der Waals surface area contributed by atoms with E-state index in [-0.39, 0.29) is 0 Å². The van der Waals surface area contributed by atoms with Crippen LogP contribution in [0.5, 0.6) is 5.75 Å². The number of hydrogen-bond acceptors (Lipinski definition) is 1. The van der Waals surface area contributed by atoms with Crippen molar-refractivity contribution in [3.63, 3.8) is 0 Å². The monoisotopic (exact) mass is 256 g/mol. The van der Waals surface area contributed by atoms with E-state index in [2.05, 4.69) is 48.8 Å². The van der Waals surface area contributed by atoms with Crippen LogP contribution in [0, 0.1) is 6.92 Å². The topological polar surface area (TPSA) is 9.23 Å². The fourth-order valence-electron chi connectivity index (χ4n) is 1.43. The van der Waals surface area contributed by atoms with Crippen LogP contribution in [0.4, 0.5) is 0 Å². The quantitative estimate of drug-likeness (QED) is 0.788. The van der Waals surface area contributed by atoms with Gasteiger partial charge in [-0.3, -0.25) is 0 Å². The molecule has 78 valence electrons. The lowest BCUT2D eigenvalue weighted by Gasteiger charge is -2.12. The van der Waals surface area contributed by atoms with E-state index >= 15 is 0 Å². The van der Waals surface area contributed by atoms with E-state index in [4.69, 9.17) is 4.74 Å². The highest BCUT2D eigenvalue weighted by Gasteiger charge is 2.07. The van der Waals surface area contributed by atoms with Crippen molar-refractivity contribution in [2.24, 2.45) is 0 Å². The molecule has 0 radical (unpaired) electrons. The highest BCUT2D eigenvalue weighted by atomic mass is 79.9. The molecule has 0 aliphatic carbocycles. The second kappa shape index (κ2) is 5.40. The van der Waals surface area contributed by atoms with Gasteiger partial charge in [-0.05, 0) is 52.9 Å². The summed E-state index contributed by atoms with van der Waals surface area (Å²) in [6, 6.07) is 4.29. The average Bonchev–Trinajstić information content (AvgIpc) is 2.15. The highest BCUT2D eigenvalue weighted by Crippen LogP contribution is 2.31. The third-order valence-electron chi connectivity index (χ3n) is 2.10. The van der Waals surface area contributed by atoms with E-state index in [0.717, 1.165) is 29.7 Å². The predicted octanol–water partition coefficient (Wildman–Crippen LogP) is 4.11. The standard InChI is InChI=1S/C12H17BrO/c1-4-6-14-12-10(5-2)7-9(3)8-11(12)13/h7-8H,4-6H2,1-3H3. The summed E-state index contributed by atoms with van der Waals surface area (Å²) in [5, 5.41) is 0. The van der Waals surface area contributed by atoms with Gasteiger partial charge in [-0.2, -0.15) is 0 Å². The zero-order chi connectivity index (χ0) is 10.6. The Labute approximate surface area is 94.6 Å². The molecular weight excluding hydrogens is 240 g/mol. The van der Waals surface area contributed by atoms with Crippen LogP contribution >= 0.6 is 15.9 Å². The Bertz CT molecular complexity index is 307. The first-order valence-corrected chi connectivity index (χ1v) is 5.90. The van der Waals surface area contributed by atoms with Crippen molar-refractivity contribution in [3.05, 3.63) is 27.7 Å². The number of halogens is 1. The maximum atomic E-state index is 5.72. The molecule has 1 nitrogen and oxygen atoms in total. The van der Waals surface area contributed by atoms with E-state index in [1.807, 2.05) is 0 Å². The molecule has 0 unspecified atom stereocenters. The Morgan fingerprint density at radius 2 is 2.00 bits per heavy atom. The van der Waals surface area contributed by atoms with Crippen LogP contribution in [0.2, 0.25) is 0 Å². The van der Waals surface area contributed by atoms with Crippen LogP contribution in [0.15, 0.2) is 16.6 Å². The summed E-state index contributed by atoms with van der Waals surface area (Å²) in [6.45, 7) is 7.16. The van der Waals surface area contributed by atoms with Gasteiger partial charge in [0.05, 0.1) is 11.1 Å². The molecule has 0 aliphatic heterocycles. The first kappa shape index (κ1) is 11.6. The molecule has 0 bridgehead atoms. The summed E-state index contributed by atoms with van der Waals surface area (Å²) < 4.78 is 6.79. The number of benzene rings is 1. The summed E-state index contributed by atoms with van der Waals surface area (Å²) in [5.74, 6) is 1.01. The maximum absolute atomic E-state index is 5.72. The first-order chi connectivity index (χ1) is 6.69. The summed E-state index contributed by atoms with van der Waals surface area (Å²) in [4.78, 5) is 0. The fourth-order valence-corrected chi connectivity index (χ4v) is 2.16. The van der Waals surface area contributed by atoms with Crippen LogP contribution < -0.4 is 4.74 Å². The molecule has 0 saturated heterocycles. The van der Waals surface area contributed by atoms with E-state index in [1.54, 1.807) is 0 Å². The molecule has 0 atom stereocenters. The van der Waals surface area contributed by atoms with Gasteiger partial charge in [0.15, 0.2) is 0 Å². The summed E-state index contributed by atoms with van der Waals surface area (Å²) in [5.41, 5.74) is 2.56. The third kappa shape index (κ3) is 2.74. The molecule has 0 spiro atoms. The van der Waals surface area contributed by atoms with Crippen LogP contribution in [0.25, 0.3) is 0 Å². The molecule has 0 amide bonds. The van der Waals surface area contributed by atoms with E-state index < -0.39 is 0 Å². The van der Waals surface area contributed by atoms with E-state index in [9.17, 15) is 0 Å². The van der Waals surface area contributed by atoms with Gasteiger partial charge in [0.2, 0.25) is 0 Å². The second-order valence-corrected chi connectivity index (χ2v) is 4.29. The Morgan fingerprint density at radius 3 is 2.57 bits per heavy atom. The van der Waals surface area contributed by atoms with Crippen LogP contribution in [-0.4, -0.2) is 6.61 Å². The van der Waals surface area contributed by atoms with Gasteiger partial charge in [-0.1, -0.05) is 19.9 Å². The van der Waals surface area contributed by atoms with Gasteiger partial charge in [0.1, 0.15) is 5.75 Å². The van der Waals surface area contributed by atoms with Crippen molar-refractivity contribution in [1.29, 1.82) is 0 Å². The molecule has 14 heavy (non-hydrogen) atoms. The third-order valence-corrected chi connectivity index (χ3v) is 2.69. The highest BCUT2D eigenvalue weighted by molar-refractivity contribution is 9.10. The summed E-state index contributed by atoms with van der Waals surface area (Å²) in [7, 11) is 0. The molecule has 0 saturated carbocycles. The molecule has 0 fully saturated rings. The molecule has 0 heterocycles. The van der Waals surface area contributed by atoms with Crippen LogP contribution in [0.3, 0.4) is 0 Å². The minimum Gasteiger partial charge on any atom is -0.492 e. The van der Waals surface area contributed by atoms with Crippen molar-refractivity contribution in [3.8, 4) is 5.75 Å².